The number of carbonyl (C=O) groups is 1. The predicted octanol–water partition coefficient (Wildman–Crippen LogP) is 4.42. The molecule has 0 spiro atoms. The number of piperidine rings is 1. The summed E-state index contributed by atoms with van der Waals surface area (Å²) in [5.41, 5.74) is 3.78. The maximum absolute atomic E-state index is 12.8. The highest BCUT2D eigenvalue weighted by Gasteiger charge is 2.45. The minimum atomic E-state index is -1.26. The number of carboxylic acids is 1. The maximum atomic E-state index is 12.8. The van der Waals surface area contributed by atoms with Crippen LogP contribution in [0.15, 0.2) is 63.9 Å². The van der Waals surface area contributed by atoms with E-state index in [0.717, 1.165) is 49.9 Å². The lowest BCUT2D eigenvalue weighted by Crippen LogP contribution is -2.32. The van der Waals surface area contributed by atoms with Crippen LogP contribution in [0, 0.1) is 11.8 Å². The van der Waals surface area contributed by atoms with E-state index in [-0.39, 0.29) is 11.6 Å². The number of aromatic carboxylic acids is 1. The first-order chi connectivity index (χ1) is 19.0. The van der Waals surface area contributed by atoms with Crippen LogP contribution < -0.4 is 15.2 Å². The zero-order chi connectivity index (χ0) is 26.7. The average molecular weight is 527 g/mol. The summed E-state index contributed by atoms with van der Waals surface area (Å²) < 4.78 is 13.3. The van der Waals surface area contributed by atoms with E-state index in [1.165, 1.54) is 24.4 Å². The zero-order valence-corrected chi connectivity index (χ0v) is 21.7. The molecule has 2 aromatic heterocycles. The molecule has 1 aliphatic carbocycles. The molecule has 7 rings (SSSR count). The summed E-state index contributed by atoms with van der Waals surface area (Å²) >= 11 is 0. The number of rotatable bonds is 7. The van der Waals surface area contributed by atoms with Crippen molar-refractivity contribution in [1.29, 1.82) is 0 Å². The van der Waals surface area contributed by atoms with Crippen LogP contribution in [0.3, 0.4) is 0 Å². The van der Waals surface area contributed by atoms with Gasteiger partial charge in [-0.2, -0.15) is 4.98 Å². The van der Waals surface area contributed by atoms with Gasteiger partial charge in [0.2, 0.25) is 0 Å². The molecule has 3 aliphatic rings. The molecule has 200 valence electrons. The standard InChI is InChI=1S/C30H30N4O5/c1-38-17-23-3-2-10-33(23)30-31-25-9-8-22(12-28(25)39-30)34-16-24(29(36)37)27(35)13-26(34)18-4-6-21(7-5-18)32-14-19-11-20(19)15-32/h4-9,12-13,16,19-20,23H,2-3,10-11,14-15,17H2,1H3,(H,36,37)/t19?,20?,23-/m1/s1. The van der Waals surface area contributed by atoms with Gasteiger partial charge in [0.25, 0.3) is 6.01 Å². The molecule has 0 radical (unpaired) electrons. The summed E-state index contributed by atoms with van der Waals surface area (Å²) in [6.45, 7) is 3.67. The summed E-state index contributed by atoms with van der Waals surface area (Å²) in [6, 6.07) is 15.9. The van der Waals surface area contributed by atoms with Gasteiger partial charge in [-0.05, 0) is 60.9 Å². The Bertz CT molecular complexity index is 1610. The molecule has 9 heteroatoms. The van der Waals surface area contributed by atoms with Gasteiger partial charge < -0.3 is 28.6 Å². The molecular weight excluding hydrogens is 496 g/mol. The maximum Gasteiger partial charge on any atom is 0.341 e. The molecule has 0 bridgehead atoms. The molecule has 9 nitrogen and oxygen atoms in total. The fourth-order valence-corrected chi connectivity index (χ4v) is 6.21. The highest BCUT2D eigenvalue weighted by atomic mass is 16.5. The first kappa shape index (κ1) is 24.0. The van der Waals surface area contributed by atoms with E-state index in [2.05, 4.69) is 21.9 Å². The molecular formula is C30H30N4O5. The molecule has 1 saturated carbocycles. The summed E-state index contributed by atoms with van der Waals surface area (Å²) in [5, 5.41) is 9.68. The van der Waals surface area contributed by atoms with E-state index in [1.54, 1.807) is 11.7 Å². The van der Waals surface area contributed by atoms with Crippen molar-refractivity contribution in [2.75, 3.05) is 43.2 Å². The van der Waals surface area contributed by atoms with Gasteiger partial charge in [0.15, 0.2) is 11.0 Å². The lowest BCUT2D eigenvalue weighted by molar-refractivity contribution is 0.0695. The van der Waals surface area contributed by atoms with Gasteiger partial charge in [-0.25, -0.2) is 4.79 Å². The van der Waals surface area contributed by atoms with E-state index in [0.29, 0.717) is 35.1 Å². The first-order valence-corrected chi connectivity index (χ1v) is 13.5. The van der Waals surface area contributed by atoms with Gasteiger partial charge in [0.05, 0.1) is 18.3 Å². The largest absolute Gasteiger partial charge is 0.477 e. The number of benzene rings is 2. The minimum Gasteiger partial charge on any atom is -0.477 e. The number of pyridine rings is 1. The van der Waals surface area contributed by atoms with Crippen molar-refractivity contribution in [3.05, 3.63) is 70.5 Å². The normalized spacial score (nSPS) is 22.0. The van der Waals surface area contributed by atoms with Crippen molar-refractivity contribution < 1.29 is 19.1 Å². The van der Waals surface area contributed by atoms with Crippen LogP contribution in [0.1, 0.15) is 29.6 Å². The van der Waals surface area contributed by atoms with Crippen LogP contribution in [0.5, 0.6) is 0 Å². The molecule has 3 atom stereocenters. The van der Waals surface area contributed by atoms with Crippen LogP contribution in [-0.2, 0) is 4.74 Å². The lowest BCUT2D eigenvalue weighted by atomic mass is 10.1. The second kappa shape index (κ2) is 9.27. The van der Waals surface area contributed by atoms with Gasteiger partial charge in [0.1, 0.15) is 11.1 Å². The number of oxazole rings is 1. The number of fused-ring (bicyclic) bond motifs is 2. The monoisotopic (exact) mass is 526 g/mol. The summed E-state index contributed by atoms with van der Waals surface area (Å²) in [5.74, 6) is 0.409. The molecule has 39 heavy (non-hydrogen) atoms. The number of hydrogen-bond donors (Lipinski definition) is 1. The van der Waals surface area contributed by atoms with Gasteiger partial charge in [0, 0.05) is 56.4 Å². The number of nitrogens with zero attached hydrogens (tertiary/aromatic N) is 4. The van der Waals surface area contributed by atoms with Crippen molar-refractivity contribution in [2.24, 2.45) is 11.8 Å². The fourth-order valence-electron chi connectivity index (χ4n) is 6.21. The van der Waals surface area contributed by atoms with Crippen LogP contribution in [0.4, 0.5) is 11.7 Å². The second-order valence-electron chi connectivity index (χ2n) is 10.9. The number of carboxylic acid groups (broad SMARTS) is 1. The van der Waals surface area contributed by atoms with Crippen molar-refractivity contribution in [3.8, 4) is 16.9 Å². The predicted molar refractivity (Wildman–Crippen MR) is 148 cm³/mol. The Morgan fingerprint density at radius 2 is 1.87 bits per heavy atom. The number of methoxy groups -OCH3 is 1. The van der Waals surface area contributed by atoms with Crippen molar-refractivity contribution >= 4 is 28.8 Å². The molecule has 1 N–H and O–H groups in total. The zero-order valence-electron chi connectivity index (χ0n) is 21.7. The Kier molecular flexibility index (Phi) is 5.70. The molecule has 0 amide bonds. The van der Waals surface area contributed by atoms with E-state index in [9.17, 15) is 14.7 Å². The Balaban J connectivity index is 1.27. The molecule has 4 heterocycles. The Morgan fingerprint density at radius 3 is 2.62 bits per heavy atom. The highest BCUT2D eigenvalue weighted by Crippen LogP contribution is 2.46. The summed E-state index contributed by atoms with van der Waals surface area (Å²) in [6.07, 6.45) is 4.82. The number of ether oxygens (including phenoxy) is 1. The summed E-state index contributed by atoms with van der Waals surface area (Å²) in [4.78, 5) is 33.9. The Hall–Kier alpha value is -4.11. The van der Waals surface area contributed by atoms with Crippen molar-refractivity contribution in [2.45, 2.75) is 25.3 Å². The van der Waals surface area contributed by atoms with Crippen molar-refractivity contribution in [1.82, 2.24) is 9.55 Å². The Labute approximate surface area is 225 Å². The molecule has 2 unspecified atom stereocenters. The SMILES string of the molecule is COC[C@H]1CCCN1c1nc2ccc(-n3cc(C(=O)O)c(=O)cc3-c3ccc(N4CC5CC5C4)cc3)cc2o1. The third-order valence-corrected chi connectivity index (χ3v) is 8.41. The lowest BCUT2D eigenvalue weighted by Gasteiger charge is -2.21. The number of anilines is 2. The molecule has 2 saturated heterocycles. The summed E-state index contributed by atoms with van der Waals surface area (Å²) in [7, 11) is 1.70. The molecule has 2 aliphatic heterocycles. The van der Waals surface area contributed by atoms with E-state index in [4.69, 9.17) is 14.1 Å². The van der Waals surface area contributed by atoms with Crippen molar-refractivity contribution in [3.63, 3.8) is 0 Å². The van der Waals surface area contributed by atoms with Gasteiger partial charge in [-0.15, -0.1) is 0 Å². The van der Waals surface area contributed by atoms with E-state index < -0.39 is 11.4 Å². The third kappa shape index (κ3) is 4.27. The minimum absolute atomic E-state index is 0.223. The average Bonchev–Trinajstić information content (AvgIpc) is 3.30. The van der Waals surface area contributed by atoms with Crippen LogP contribution in [0.2, 0.25) is 0 Å². The van der Waals surface area contributed by atoms with Crippen LogP contribution >= 0.6 is 0 Å². The van der Waals surface area contributed by atoms with E-state index in [1.807, 2.05) is 30.3 Å². The third-order valence-electron chi connectivity index (χ3n) is 8.41. The fraction of sp³-hybridized carbons (Fsp3) is 0.367. The van der Waals surface area contributed by atoms with Gasteiger partial charge >= 0.3 is 5.97 Å². The van der Waals surface area contributed by atoms with Gasteiger partial charge in [-0.3, -0.25) is 4.79 Å². The second-order valence-corrected chi connectivity index (χ2v) is 10.9. The number of hydrogen-bond acceptors (Lipinski definition) is 7. The smallest absolute Gasteiger partial charge is 0.341 e. The molecule has 4 aromatic rings. The van der Waals surface area contributed by atoms with Crippen LogP contribution in [-0.4, -0.2) is 60.0 Å². The van der Waals surface area contributed by atoms with Crippen LogP contribution in [0.25, 0.3) is 28.0 Å². The highest BCUT2D eigenvalue weighted by molar-refractivity contribution is 5.88. The quantitative estimate of drug-likeness (QED) is 0.378. The molecule has 2 aromatic carbocycles. The van der Waals surface area contributed by atoms with Gasteiger partial charge in [-0.1, -0.05) is 12.1 Å². The van der Waals surface area contributed by atoms with E-state index >= 15 is 0 Å². The number of aromatic nitrogens is 2. The Morgan fingerprint density at radius 1 is 1.10 bits per heavy atom. The first-order valence-electron chi connectivity index (χ1n) is 13.5. The topological polar surface area (TPSA) is 101 Å². The molecule has 3 fully saturated rings.